The zero-order valence-electron chi connectivity index (χ0n) is 16.9. The lowest BCUT2D eigenvalue weighted by Crippen LogP contribution is -2.15. The number of carbonyl (C=O) groups is 1. The highest BCUT2D eigenvalue weighted by atomic mass is 35.5. The molecule has 2 heterocycles. The van der Waals surface area contributed by atoms with Crippen LogP contribution in [0.25, 0.3) is 16.4 Å². The van der Waals surface area contributed by atoms with E-state index in [9.17, 15) is 4.79 Å². The maximum absolute atomic E-state index is 12.6. The Morgan fingerprint density at radius 1 is 1.09 bits per heavy atom. The zero-order chi connectivity index (χ0) is 22.5. The number of amides is 1. The van der Waals surface area contributed by atoms with Crippen LogP contribution in [0.1, 0.15) is 6.92 Å². The van der Waals surface area contributed by atoms with Gasteiger partial charge in [-0.2, -0.15) is 0 Å². The highest BCUT2D eigenvalue weighted by molar-refractivity contribution is 7.99. The molecule has 0 atom stereocenters. The van der Waals surface area contributed by atoms with Crippen LogP contribution in [0.5, 0.6) is 5.75 Å². The van der Waals surface area contributed by atoms with Gasteiger partial charge >= 0.3 is 0 Å². The topological polar surface area (TPSA) is 69.0 Å². The first-order valence-corrected chi connectivity index (χ1v) is 12.3. The van der Waals surface area contributed by atoms with Crippen molar-refractivity contribution in [2.75, 3.05) is 17.7 Å². The van der Waals surface area contributed by atoms with Crippen molar-refractivity contribution in [3.8, 4) is 22.1 Å². The SMILES string of the molecule is CCOc1ccc(-n2c(SCC(=O)Nc3c(Cl)cccc3Cl)nnc2-c2cccs2)cc1. The Morgan fingerprint density at radius 3 is 2.50 bits per heavy atom. The average Bonchev–Trinajstić information content (AvgIpc) is 3.45. The molecule has 164 valence electrons. The Hall–Kier alpha value is -2.52. The van der Waals surface area contributed by atoms with E-state index in [1.54, 1.807) is 29.5 Å². The molecule has 1 amide bonds. The minimum Gasteiger partial charge on any atom is -0.494 e. The molecule has 1 N–H and O–H groups in total. The van der Waals surface area contributed by atoms with Crippen LogP contribution >= 0.6 is 46.3 Å². The zero-order valence-corrected chi connectivity index (χ0v) is 20.1. The molecule has 0 fully saturated rings. The van der Waals surface area contributed by atoms with Crippen LogP contribution in [-0.2, 0) is 4.79 Å². The fourth-order valence-electron chi connectivity index (χ4n) is 2.94. The number of halogens is 2. The van der Waals surface area contributed by atoms with Crippen LogP contribution in [0.15, 0.2) is 65.1 Å². The second-order valence-corrected chi connectivity index (χ2v) is 9.18. The van der Waals surface area contributed by atoms with E-state index in [2.05, 4.69) is 15.5 Å². The summed E-state index contributed by atoms with van der Waals surface area (Å²) >= 11 is 15.2. The minimum atomic E-state index is -0.246. The van der Waals surface area contributed by atoms with E-state index in [1.165, 1.54) is 11.8 Å². The summed E-state index contributed by atoms with van der Waals surface area (Å²) in [7, 11) is 0. The van der Waals surface area contributed by atoms with Gasteiger partial charge in [-0.1, -0.05) is 47.1 Å². The number of benzene rings is 2. The maximum Gasteiger partial charge on any atom is 0.234 e. The summed E-state index contributed by atoms with van der Waals surface area (Å²) < 4.78 is 7.48. The van der Waals surface area contributed by atoms with Crippen molar-refractivity contribution in [2.24, 2.45) is 0 Å². The summed E-state index contributed by atoms with van der Waals surface area (Å²) in [5.41, 5.74) is 1.27. The van der Waals surface area contributed by atoms with Gasteiger partial charge < -0.3 is 10.1 Å². The Labute approximate surface area is 203 Å². The van der Waals surface area contributed by atoms with E-state index >= 15 is 0 Å². The molecule has 0 saturated heterocycles. The van der Waals surface area contributed by atoms with E-state index in [0.717, 1.165) is 16.3 Å². The quantitative estimate of drug-likeness (QED) is 0.280. The number of anilines is 1. The van der Waals surface area contributed by atoms with Crippen molar-refractivity contribution in [3.63, 3.8) is 0 Å². The highest BCUT2D eigenvalue weighted by Crippen LogP contribution is 2.32. The number of thioether (sulfide) groups is 1. The summed E-state index contributed by atoms with van der Waals surface area (Å²) in [6.45, 7) is 2.54. The van der Waals surface area contributed by atoms with Gasteiger partial charge in [0.1, 0.15) is 5.75 Å². The Bertz CT molecular complexity index is 1190. The fourth-order valence-corrected chi connectivity index (χ4v) is 4.88. The number of nitrogens with zero attached hydrogens (tertiary/aromatic N) is 3. The predicted octanol–water partition coefficient (Wildman–Crippen LogP) is 6.43. The van der Waals surface area contributed by atoms with Gasteiger partial charge in [0.05, 0.1) is 38.7 Å². The molecule has 10 heteroatoms. The molecule has 0 radical (unpaired) electrons. The van der Waals surface area contributed by atoms with E-state index < -0.39 is 0 Å². The van der Waals surface area contributed by atoms with Crippen molar-refractivity contribution in [2.45, 2.75) is 12.1 Å². The number of ether oxygens (including phenoxy) is 1. The predicted molar refractivity (Wildman–Crippen MR) is 132 cm³/mol. The van der Waals surface area contributed by atoms with Gasteiger partial charge in [-0.05, 0) is 54.8 Å². The number of hydrogen-bond donors (Lipinski definition) is 1. The lowest BCUT2D eigenvalue weighted by molar-refractivity contribution is -0.113. The van der Waals surface area contributed by atoms with Crippen LogP contribution in [0.4, 0.5) is 5.69 Å². The van der Waals surface area contributed by atoms with Crippen molar-refractivity contribution >= 4 is 57.9 Å². The van der Waals surface area contributed by atoms with Gasteiger partial charge in [-0.15, -0.1) is 21.5 Å². The molecule has 2 aromatic carbocycles. The number of rotatable bonds is 8. The van der Waals surface area contributed by atoms with Crippen LogP contribution in [-0.4, -0.2) is 33.0 Å². The van der Waals surface area contributed by atoms with Crippen LogP contribution in [0.3, 0.4) is 0 Å². The second kappa shape index (κ2) is 10.4. The summed E-state index contributed by atoms with van der Waals surface area (Å²) in [4.78, 5) is 13.5. The minimum absolute atomic E-state index is 0.112. The molecular formula is C22H18Cl2N4O2S2. The Morgan fingerprint density at radius 2 is 1.84 bits per heavy atom. The number of para-hydroxylation sites is 1. The van der Waals surface area contributed by atoms with E-state index in [4.69, 9.17) is 27.9 Å². The van der Waals surface area contributed by atoms with Crippen molar-refractivity contribution in [1.82, 2.24) is 14.8 Å². The van der Waals surface area contributed by atoms with E-state index in [-0.39, 0.29) is 11.7 Å². The van der Waals surface area contributed by atoms with Crippen LogP contribution in [0.2, 0.25) is 10.0 Å². The first-order chi connectivity index (χ1) is 15.6. The van der Waals surface area contributed by atoms with Gasteiger partial charge in [0.15, 0.2) is 11.0 Å². The lowest BCUT2D eigenvalue weighted by atomic mass is 10.3. The summed E-state index contributed by atoms with van der Waals surface area (Å²) in [5, 5.41) is 14.8. The number of carbonyl (C=O) groups excluding carboxylic acids is 1. The van der Waals surface area contributed by atoms with Crippen LogP contribution < -0.4 is 10.1 Å². The maximum atomic E-state index is 12.6. The van der Waals surface area contributed by atoms with Gasteiger partial charge in [-0.3, -0.25) is 9.36 Å². The Kier molecular flexibility index (Phi) is 7.36. The van der Waals surface area contributed by atoms with Crippen molar-refractivity contribution < 1.29 is 9.53 Å². The van der Waals surface area contributed by atoms with Crippen molar-refractivity contribution in [1.29, 1.82) is 0 Å². The number of hydrogen-bond acceptors (Lipinski definition) is 6. The normalized spacial score (nSPS) is 10.8. The molecule has 0 aliphatic heterocycles. The lowest BCUT2D eigenvalue weighted by Gasteiger charge is -2.11. The number of thiophene rings is 1. The van der Waals surface area contributed by atoms with E-state index in [1.807, 2.05) is 53.3 Å². The molecule has 4 aromatic rings. The molecule has 0 unspecified atom stereocenters. The molecule has 0 aliphatic carbocycles. The molecule has 2 aromatic heterocycles. The summed E-state index contributed by atoms with van der Waals surface area (Å²) in [6, 6.07) is 16.7. The van der Waals surface area contributed by atoms with Gasteiger partial charge in [0, 0.05) is 0 Å². The molecule has 0 saturated carbocycles. The standard InChI is InChI=1S/C22H18Cl2N4O2S2/c1-2-30-15-10-8-14(9-11-15)28-21(18-7-4-12-31-18)26-27-22(28)32-13-19(29)25-20-16(23)5-3-6-17(20)24/h3-12H,2,13H2,1H3,(H,25,29). The number of nitrogens with one attached hydrogen (secondary N) is 1. The summed E-state index contributed by atoms with van der Waals surface area (Å²) in [5.74, 6) is 1.36. The molecule has 6 nitrogen and oxygen atoms in total. The van der Waals surface area contributed by atoms with E-state index in [0.29, 0.717) is 33.3 Å². The second-order valence-electron chi connectivity index (χ2n) is 6.48. The molecule has 0 aliphatic rings. The summed E-state index contributed by atoms with van der Waals surface area (Å²) in [6.07, 6.45) is 0. The largest absolute Gasteiger partial charge is 0.494 e. The molecule has 0 spiro atoms. The molecule has 32 heavy (non-hydrogen) atoms. The van der Waals surface area contributed by atoms with Crippen LogP contribution in [0, 0.1) is 0 Å². The monoisotopic (exact) mass is 504 g/mol. The average molecular weight is 505 g/mol. The number of aromatic nitrogens is 3. The molecule has 0 bridgehead atoms. The van der Waals surface area contributed by atoms with Gasteiger partial charge in [0.25, 0.3) is 0 Å². The highest BCUT2D eigenvalue weighted by Gasteiger charge is 2.19. The molecular weight excluding hydrogens is 487 g/mol. The fraction of sp³-hybridized carbons (Fsp3) is 0.136. The first kappa shape index (κ1) is 22.7. The van der Waals surface area contributed by atoms with Gasteiger partial charge in [-0.25, -0.2) is 0 Å². The Balaban J connectivity index is 1.58. The smallest absolute Gasteiger partial charge is 0.234 e. The molecule has 4 rings (SSSR count). The third kappa shape index (κ3) is 5.10. The van der Waals surface area contributed by atoms with Crippen molar-refractivity contribution in [3.05, 3.63) is 70.0 Å². The van der Waals surface area contributed by atoms with Gasteiger partial charge in [0.2, 0.25) is 5.91 Å². The third-order valence-electron chi connectivity index (χ3n) is 4.34. The third-order valence-corrected chi connectivity index (χ3v) is 6.77. The first-order valence-electron chi connectivity index (χ1n) is 9.66.